The van der Waals surface area contributed by atoms with E-state index in [1.165, 1.54) is 0 Å². The first-order valence-corrected chi connectivity index (χ1v) is 15.1. The Morgan fingerprint density at radius 2 is 1.40 bits per heavy atom. The molecule has 218 valence electrons. The van der Waals surface area contributed by atoms with E-state index in [0.29, 0.717) is 17.1 Å². The summed E-state index contributed by atoms with van der Waals surface area (Å²) in [6.07, 6.45) is -0.415. The molecular weight excluding hydrogens is 650 g/mol. The second kappa shape index (κ2) is 16.9. The van der Waals surface area contributed by atoms with Crippen molar-refractivity contribution in [2.75, 3.05) is 28.6 Å². The van der Waals surface area contributed by atoms with Crippen molar-refractivity contribution in [3.8, 4) is 11.5 Å². The summed E-state index contributed by atoms with van der Waals surface area (Å²) in [5, 5.41) is 24.9. The van der Waals surface area contributed by atoms with Crippen LogP contribution in [0.4, 0.5) is 5.69 Å². The van der Waals surface area contributed by atoms with Crippen molar-refractivity contribution in [3.05, 3.63) is 54.1 Å². The molecule has 0 saturated carbocycles. The van der Waals surface area contributed by atoms with E-state index < -0.39 is 42.3 Å². The first-order valence-electron chi connectivity index (χ1n) is 12.8. The van der Waals surface area contributed by atoms with Crippen LogP contribution in [-0.2, 0) is 14.4 Å². The van der Waals surface area contributed by atoms with Crippen LogP contribution in [0.1, 0.15) is 43.5 Å². The number of carboxylic acid groups (broad SMARTS) is 2. The van der Waals surface area contributed by atoms with Gasteiger partial charge in [0.1, 0.15) is 23.6 Å². The van der Waals surface area contributed by atoms with Gasteiger partial charge in [0.25, 0.3) is 5.91 Å². The average Bonchev–Trinajstić information content (AvgIpc) is 2.90. The largest absolute Gasteiger partial charge is 0.481 e. The van der Waals surface area contributed by atoms with Gasteiger partial charge in [0.15, 0.2) is 0 Å². The number of nitrogens with zero attached hydrogens (tertiary/aromatic N) is 1. The van der Waals surface area contributed by atoms with E-state index >= 15 is 0 Å². The van der Waals surface area contributed by atoms with Gasteiger partial charge in [-0.15, -0.1) is 0 Å². The lowest BCUT2D eigenvalue weighted by Crippen LogP contribution is -2.52. The smallest absolute Gasteiger partial charge is 0.326 e. The van der Waals surface area contributed by atoms with Gasteiger partial charge in [-0.2, -0.15) is 0 Å². The highest BCUT2D eigenvalue weighted by Gasteiger charge is 2.28. The molecule has 0 fully saturated rings. The van der Waals surface area contributed by atoms with Gasteiger partial charge in [0.05, 0.1) is 0 Å². The standard InChI is InChI=1S/C28H35Br2N3O7/c1-18(2)17-24(27(37)31-23(28(38)39)11-12-25(34)35)32-26(36)19-3-7-21(8-4-19)40-22-9-5-20(6-10-22)33(15-13-29)16-14-30/h3-10,18,23-24H,11-17H2,1-2H3,(H,31,37)(H,32,36)(H,34,35)(H,38,39)/t23-,24-/m0/s1. The van der Waals surface area contributed by atoms with Crippen molar-refractivity contribution in [2.24, 2.45) is 5.92 Å². The van der Waals surface area contributed by atoms with E-state index in [1.807, 2.05) is 38.1 Å². The number of ether oxygens (including phenoxy) is 1. The number of carbonyl (C=O) groups is 4. The van der Waals surface area contributed by atoms with Crippen molar-refractivity contribution in [1.29, 1.82) is 0 Å². The number of rotatable bonds is 17. The monoisotopic (exact) mass is 683 g/mol. The second-order valence-corrected chi connectivity index (χ2v) is 11.1. The maximum absolute atomic E-state index is 12.9. The zero-order valence-electron chi connectivity index (χ0n) is 22.4. The van der Waals surface area contributed by atoms with Crippen LogP contribution in [-0.4, -0.2) is 69.8 Å². The Hall–Kier alpha value is -3.12. The molecule has 0 aliphatic rings. The molecule has 0 aromatic heterocycles. The highest BCUT2D eigenvalue weighted by atomic mass is 79.9. The first kappa shape index (κ1) is 33.1. The van der Waals surface area contributed by atoms with Crippen LogP contribution in [0.15, 0.2) is 48.5 Å². The number of carboxylic acids is 2. The number of halogens is 2. The molecule has 0 aliphatic heterocycles. The normalized spacial score (nSPS) is 12.3. The number of hydrogen-bond acceptors (Lipinski definition) is 6. The number of nitrogens with one attached hydrogen (secondary N) is 2. The van der Waals surface area contributed by atoms with Crippen molar-refractivity contribution < 1.29 is 34.1 Å². The van der Waals surface area contributed by atoms with Gasteiger partial charge in [0, 0.05) is 41.4 Å². The molecule has 0 heterocycles. The van der Waals surface area contributed by atoms with Crippen LogP contribution < -0.4 is 20.3 Å². The minimum atomic E-state index is -1.38. The predicted octanol–water partition coefficient (Wildman–Crippen LogP) is 4.65. The van der Waals surface area contributed by atoms with Crippen LogP contribution >= 0.6 is 31.9 Å². The van der Waals surface area contributed by atoms with Crippen molar-refractivity contribution in [2.45, 2.75) is 45.2 Å². The molecule has 4 N–H and O–H groups in total. The van der Waals surface area contributed by atoms with Crippen molar-refractivity contribution >= 4 is 61.3 Å². The van der Waals surface area contributed by atoms with Gasteiger partial charge in [-0.25, -0.2) is 4.79 Å². The number of amides is 2. The maximum Gasteiger partial charge on any atom is 0.326 e. The number of carbonyl (C=O) groups excluding carboxylic acids is 2. The van der Waals surface area contributed by atoms with Gasteiger partial charge in [0.2, 0.25) is 5.91 Å². The topological polar surface area (TPSA) is 145 Å². The lowest BCUT2D eigenvalue weighted by atomic mass is 10.0. The van der Waals surface area contributed by atoms with Crippen molar-refractivity contribution in [1.82, 2.24) is 10.6 Å². The number of alkyl halides is 2. The lowest BCUT2D eigenvalue weighted by molar-refractivity contribution is -0.143. The lowest BCUT2D eigenvalue weighted by Gasteiger charge is -2.23. The number of hydrogen-bond donors (Lipinski definition) is 4. The molecular formula is C28H35Br2N3O7. The highest BCUT2D eigenvalue weighted by Crippen LogP contribution is 2.25. The van der Waals surface area contributed by atoms with Gasteiger partial charge < -0.3 is 30.5 Å². The summed E-state index contributed by atoms with van der Waals surface area (Å²) in [5.74, 6) is -2.51. The summed E-state index contributed by atoms with van der Waals surface area (Å²) in [6, 6.07) is 11.8. The second-order valence-electron chi connectivity index (χ2n) is 9.47. The SMILES string of the molecule is CC(C)C[C@H](NC(=O)c1ccc(Oc2ccc(N(CCBr)CCBr)cc2)cc1)C(=O)N[C@@H](CCC(=O)O)C(=O)O. The zero-order valence-corrected chi connectivity index (χ0v) is 25.6. The fourth-order valence-corrected chi connectivity index (χ4v) is 4.71. The third-order valence-corrected chi connectivity index (χ3v) is 6.56. The minimum Gasteiger partial charge on any atom is -0.481 e. The number of anilines is 1. The predicted molar refractivity (Wildman–Crippen MR) is 160 cm³/mol. The zero-order chi connectivity index (χ0) is 29.7. The van der Waals surface area contributed by atoms with E-state index in [4.69, 9.17) is 9.84 Å². The Labute approximate surface area is 250 Å². The molecule has 0 unspecified atom stereocenters. The molecule has 2 atom stereocenters. The van der Waals surface area contributed by atoms with Gasteiger partial charge in [-0.05, 0) is 67.3 Å². The molecule has 2 rings (SSSR count). The average molecular weight is 685 g/mol. The fourth-order valence-electron chi connectivity index (χ4n) is 3.85. The summed E-state index contributed by atoms with van der Waals surface area (Å²) in [6.45, 7) is 5.48. The summed E-state index contributed by atoms with van der Waals surface area (Å²) >= 11 is 6.96. The van der Waals surface area contributed by atoms with E-state index in [1.54, 1.807) is 24.3 Å². The molecule has 0 aliphatic carbocycles. The molecule has 2 aromatic carbocycles. The van der Waals surface area contributed by atoms with Crippen molar-refractivity contribution in [3.63, 3.8) is 0 Å². The molecule has 0 radical (unpaired) electrons. The Bertz CT molecular complexity index is 1120. The van der Waals surface area contributed by atoms with Crippen LogP contribution in [0.2, 0.25) is 0 Å². The fraction of sp³-hybridized carbons (Fsp3) is 0.429. The summed E-state index contributed by atoms with van der Waals surface area (Å²) < 4.78 is 5.92. The van der Waals surface area contributed by atoms with Crippen LogP contribution in [0, 0.1) is 5.92 Å². The number of aliphatic carboxylic acids is 2. The molecule has 0 spiro atoms. The summed E-state index contributed by atoms with van der Waals surface area (Å²) in [5.41, 5.74) is 1.37. The third kappa shape index (κ3) is 11.2. The summed E-state index contributed by atoms with van der Waals surface area (Å²) in [7, 11) is 0. The van der Waals surface area contributed by atoms with Gasteiger partial charge in [-0.3, -0.25) is 14.4 Å². The molecule has 2 amide bonds. The van der Waals surface area contributed by atoms with Gasteiger partial charge in [-0.1, -0.05) is 45.7 Å². The Morgan fingerprint density at radius 1 is 0.850 bits per heavy atom. The third-order valence-electron chi connectivity index (χ3n) is 5.85. The Balaban J connectivity index is 2.05. The maximum atomic E-state index is 12.9. The molecule has 0 saturated heterocycles. The van der Waals surface area contributed by atoms with Crippen LogP contribution in [0.25, 0.3) is 0 Å². The molecule has 12 heteroatoms. The summed E-state index contributed by atoms with van der Waals surface area (Å²) in [4.78, 5) is 50.3. The van der Waals surface area contributed by atoms with Crippen LogP contribution in [0.3, 0.4) is 0 Å². The quantitative estimate of drug-likeness (QED) is 0.176. The van der Waals surface area contributed by atoms with E-state index in [-0.39, 0.29) is 18.8 Å². The van der Waals surface area contributed by atoms with Gasteiger partial charge >= 0.3 is 11.9 Å². The minimum absolute atomic E-state index is 0.0199. The molecule has 40 heavy (non-hydrogen) atoms. The molecule has 10 nitrogen and oxygen atoms in total. The molecule has 0 bridgehead atoms. The van der Waals surface area contributed by atoms with Crippen LogP contribution in [0.5, 0.6) is 11.5 Å². The van der Waals surface area contributed by atoms with E-state index in [0.717, 1.165) is 29.4 Å². The Kier molecular flexibility index (Phi) is 13.9. The highest BCUT2D eigenvalue weighted by molar-refractivity contribution is 9.09. The Morgan fingerprint density at radius 3 is 1.88 bits per heavy atom. The first-order chi connectivity index (χ1) is 19.0. The van der Waals surface area contributed by atoms with E-state index in [9.17, 15) is 24.3 Å². The molecule has 2 aromatic rings. The van der Waals surface area contributed by atoms with E-state index in [2.05, 4.69) is 47.4 Å². The number of benzene rings is 2.